The first kappa shape index (κ1) is 18.4. The lowest BCUT2D eigenvalue weighted by atomic mass is 9.98. The van der Waals surface area contributed by atoms with Gasteiger partial charge in [0, 0.05) is 39.0 Å². The summed E-state index contributed by atoms with van der Waals surface area (Å²) in [7, 11) is 1.92. The van der Waals surface area contributed by atoms with E-state index in [9.17, 15) is 9.59 Å². The number of pyridine rings is 1. The predicted octanol–water partition coefficient (Wildman–Crippen LogP) is 1.28. The fraction of sp³-hybridized carbons (Fsp3) is 0.611. The van der Waals surface area contributed by atoms with Crippen molar-refractivity contribution in [2.24, 2.45) is 5.92 Å². The summed E-state index contributed by atoms with van der Waals surface area (Å²) in [5, 5.41) is 3.13. The van der Waals surface area contributed by atoms with E-state index in [1.54, 1.807) is 13.1 Å². The Labute approximate surface area is 144 Å². The van der Waals surface area contributed by atoms with Crippen LogP contribution in [-0.2, 0) is 16.1 Å². The molecule has 6 nitrogen and oxygen atoms in total. The normalized spacial score (nSPS) is 20.4. The fourth-order valence-electron chi connectivity index (χ4n) is 3.31. The second-order valence-corrected chi connectivity index (χ2v) is 6.68. The molecule has 0 aromatic carbocycles. The SMILES string of the molecule is CCC[C@H]1CN(C(C)=O)C[C@@H]1NC(=O)CN(C)Cc1cccnc1. The minimum Gasteiger partial charge on any atom is -0.350 e. The van der Waals surface area contributed by atoms with Crippen molar-refractivity contribution >= 4 is 11.8 Å². The van der Waals surface area contributed by atoms with Gasteiger partial charge >= 0.3 is 0 Å². The molecule has 0 bridgehead atoms. The number of rotatable bonds is 7. The molecule has 0 spiro atoms. The van der Waals surface area contributed by atoms with Crippen molar-refractivity contribution in [1.82, 2.24) is 20.1 Å². The van der Waals surface area contributed by atoms with Crippen LogP contribution in [0.1, 0.15) is 32.3 Å². The van der Waals surface area contributed by atoms with E-state index in [-0.39, 0.29) is 17.9 Å². The second-order valence-electron chi connectivity index (χ2n) is 6.68. The van der Waals surface area contributed by atoms with Gasteiger partial charge in [0.05, 0.1) is 12.6 Å². The summed E-state index contributed by atoms with van der Waals surface area (Å²) in [4.78, 5) is 31.9. The first-order valence-electron chi connectivity index (χ1n) is 8.62. The van der Waals surface area contributed by atoms with Gasteiger partial charge in [-0.15, -0.1) is 0 Å². The number of likely N-dealkylation sites (tertiary alicyclic amines) is 1. The number of carbonyl (C=O) groups is 2. The first-order chi connectivity index (χ1) is 11.5. The highest BCUT2D eigenvalue weighted by Crippen LogP contribution is 2.21. The fourth-order valence-corrected chi connectivity index (χ4v) is 3.31. The largest absolute Gasteiger partial charge is 0.350 e. The van der Waals surface area contributed by atoms with Gasteiger partial charge in [0.1, 0.15) is 0 Å². The van der Waals surface area contributed by atoms with Crippen molar-refractivity contribution in [2.45, 2.75) is 39.3 Å². The van der Waals surface area contributed by atoms with Crippen LogP contribution in [0.5, 0.6) is 0 Å². The van der Waals surface area contributed by atoms with E-state index in [2.05, 4.69) is 17.2 Å². The molecule has 132 valence electrons. The van der Waals surface area contributed by atoms with E-state index in [0.29, 0.717) is 25.6 Å². The van der Waals surface area contributed by atoms with Gasteiger partial charge in [-0.1, -0.05) is 19.4 Å². The summed E-state index contributed by atoms with van der Waals surface area (Å²) in [6.45, 7) is 6.12. The summed E-state index contributed by atoms with van der Waals surface area (Å²) in [6, 6.07) is 3.96. The van der Waals surface area contributed by atoms with Crippen molar-refractivity contribution in [2.75, 3.05) is 26.7 Å². The average molecular weight is 332 g/mol. The predicted molar refractivity (Wildman–Crippen MR) is 93.2 cm³/mol. The van der Waals surface area contributed by atoms with E-state index in [0.717, 1.165) is 24.9 Å². The van der Waals surface area contributed by atoms with E-state index in [1.807, 2.05) is 35.2 Å². The van der Waals surface area contributed by atoms with E-state index in [4.69, 9.17) is 0 Å². The molecule has 1 aliphatic rings. The van der Waals surface area contributed by atoms with Crippen LogP contribution in [0.15, 0.2) is 24.5 Å². The van der Waals surface area contributed by atoms with Crippen molar-refractivity contribution in [3.05, 3.63) is 30.1 Å². The van der Waals surface area contributed by atoms with Crippen molar-refractivity contribution in [3.63, 3.8) is 0 Å². The number of amides is 2. The molecule has 0 saturated carbocycles. The summed E-state index contributed by atoms with van der Waals surface area (Å²) in [6.07, 6.45) is 5.64. The third-order valence-corrected chi connectivity index (χ3v) is 4.48. The number of likely N-dealkylation sites (N-methyl/N-ethyl adjacent to an activating group) is 1. The Morgan fingerprint density at radius 2 is 2.21 bits per heavy atom. The maximum atomic E-state index is 12.4. The third-order valence-electron chi connectivity index (χ3n) is 4.48. The lowest BCUT2D eigenvalue weighted by Gasteiger charge is -2.21. The average Bonchev–Trinajstić information content (AvgIpc) is 2.91. The van der Waals surface area contributed by atoms with Gasteiger partial charge in [-0.2, -0.15) is 0 Å². The molecule has 1 saturated heterocycles. The molecule has 1 aromatic rings. The number of hydrogen-bond donors (Lipinski definition) is 1. The van der Waals surface area contributed by atoms with Crippen molar-refractivity contribution in [3.8, 4) is 0 Å². The Hall–Kier alpha value is -1.95. The quantitative estimate of drug-likeness (QED) is 0.817. The lowest BCUT2D eigenvalue weighted by Crippen LogP contribution is -2.44. The van der Waals surface area contributed by atoms with Crippen molar-refractivity contribution in [1.29, 1.82) is 0 Å². The molecular weight excluding hydrogens is 304 g/mol. The van der Waals surface area contributed by atoms with Crippen LogP contribution >= 0.6 is 0 Å². The highest BCUT2D eigenvalue weighted by molar-refractivity contribution is 5.79. The van der Waals surface area contributed by atoms with Gasteiger partial charge in [-0.25, -0.2) is 0 Å². The number of nitrogens with one attached hydrogen (secondary N) is 1. The van der Waals surface area contributed by atoms with Gasteiger partial charge in [0.15, 0.2) is 0 Å². The Bertz CT molecular complexity index is 549. The topological polar surface area (TPSA) is 65.5 Å². The van der Waals surface area contributed by atoms with Crippen LogP contribution < -0.4 is 5.32 Å². The number of carbonyl (C=O) groups excluding carboxylic acids is 2. The Morgan fingerprint density at radius 3 is 2.83 bits per heavy atom. The molecule has 1 aromatic heterocycles. The smallest absolute Gasteiger partial charge is 0.234 e. The first-order valence-corrected chi connectivity index (χ1v) is 8.62. The van der Waals surface area contributed by atoms with Gasteiger partial charge in [-0.3, -0.25) is 19.5 Å². The zero-order valence-electron chi connectivity index (χ0n) is 14.9. The van der Waals surface area contributed by atoms with Gasteiger partial charge in [-0.05, 0) is 31.0 Å². The van der Waals surface area contributed by atoms with E-state index < -0.39 is 0 Å². The van der Waals surface area contributed by atoms with Gasteiger partial charge < -0.3 is 10.2 Å². The van der Waals surface area contributed by atoms with E-state index in [1.165, 1.54) is 0 Å². The molecule has 1 N–H and O–H groups in total. The number of aromatic nitrogens is 1. The van der Waals surface area contributed by atoms with Crippen LogP contribution in [0.3, 0.4) is 0 Å². The van der Waals surface area contributed by atoms with Crippen LogP contribution in [0.25, 0.3) is 0 Å². The molecule has 0 radical (unpaired) electrons. The summed E-state index contributed by atoms with van der Waals surface area (Å²) < 4.78 is 0. The highest BCUT2D eigenvalue weighted by Gasteiger charge is 2.34. The molecule has 24 heavy (non-hydrogen) atoms. The summed E-state index contributed by atoms with van der Waals surface area (Å²) in [5.74, 6) is 0.450. The van der Waals surface area contributed by atoms with Gasteiger partial charge in [0.2, 0.25) is 11.8 Å². The number of nitrogens with zero attached hydrogens (tertiary/aromatic N) is 3. The number of hydrogen-bond acceptors (Lipinski definition) is 4. The third kappa shape index (κ3) is 5.30. The van der Waals surface area contributed by atoms with E-state index >= 15 is 0 Å². The van der Waals surface area contributed by atoms with Crippen LogP contribution in [0.2, 0.25) is 0 Å². The maximum absolute atomic E-state index is 12.4. The zero-order valence-corrected chi connectivity index (χ0v) is 14.9. The molecule has 2 atom stereocenters. The summed E-state index contributed by atoms with van der Waals surface area (Å²) in [5.41, 5.74) is 1.08. The standard InChI is InChI=1S/C18H28N4O2/c1-4-6-16-11-22(14(2)23)12-17(16)20-18(24)13-21(3)10-15-7-5-8-19-9-15/h5,7-9,16-17H,4,6,10-13H2,1-3H3,(H,20,24)/t16-,17-/m0/s1. The lowest BCUT2D eigenvalue weighted by molar-refractivity contribution is -0.128. The molecule has 2 rings (SSSR count). The molecule has 2 heterocycles. The van der Waals surface area contributed by atoms with Crippen molar-refractivity contribution < 1.29 is 9.59 Å². The van der Waals surface area contributed by atoms with Crippen LogP contribution in [0.4, 0.5) is 0 Å². The molecule has 0 unspecified atom stereocenters. The monoisotopic (exact) mass is 332 g/mol. The minimum absolute atomic E-state index is 0.0119. The Morgan fingerprint density at radius 1 is 1.42 bits per heavy atom. The molecule has 2 amide bonds. The van der Waals surface area contributed by atoms with Crippen LogP contribution in [-0.4, -0.2) is 59.3 Å². The molecule has 1 fully saturated rings. The molecular formula is C18H28N4O2. The minimum atomic E-state index is 0.0119. The van der Waals surface area contributed by atoms with Crippen LogP contribution in [0, 0.1) is 5.92 Å². The molecule has 6 heteroatoms. The molecule has 1 aliphatic heterocycles. The second kappa shape index (κ2) is 8.78. The Kier molecular flexibility index (Phi) is 6.73. The molecule has 0 aliphatic carbocycles. The Balaban J connectivity index is 1.84. The maximum Gasteiger partial charge on any atom is 0.234 e. The highest BCUT2D eigenvalue weighted by atomic mass is 16.2. The van der Waals surface area contributed by atoms with Gasteiger partial charge in [0.25, 0.3) is 0 Å². The summed E-state index contributed by atoms with van der Waals surface area (Å²) >= 11 is 0. The zero-order chi connectivity index (χ0) is 17.5.